The van der Waals surface area contributed by atoms with Gasteiger partial charge in [-0.15, -0.1) is 0 Å². The molecule has 1 aromatic rings. The Morgan fingerprint density at radius 1 is 1.29 bits per heavy atom. The van der Waals surface area contributed by atoms with Gasteiger partial charge in [0.05, 0.1) is 0 Å². The molecule has 0 N–H and O–H groups in total. The smallest absolute Gasteiger partial charge is 0.380 e. The molecule has 0 unspecified atom stereocenters. The highest BCUT2D eigenvalue weighted by Crippen LogP contribution is 2.45. The van der Waals surface area contributed by atoms with Gasteiger partial charge in [0.25, 0.3) is 0 Å². The summed E-state index contributed by atoms with van der Waals surface area (Å²) in [5.41, 5.74) is -1.65. The van der Waals surface area contributed by atoms with Crippen molar-refractivity contribution < 1.29 is 18.0 Å². The minimum absolute atomic E-state index is 0.0445. The van der Waals surface area contributed by atoms with Gasteiger partial charge in [-0.05, 0) is 19.3 Å². The van der Waals surface area contributed by atoms with Crippen molar-refractivity contribution in [1.82, 2.24) is 4.98 Å². The van der Waals surface area contributed by atoms with Gasteiger partial charge in [0.1, 0.15) is 6.07 Å². The van der Waals surface area contributed by atoms with Crippen molar-refractivity contribution in [3.63, 3.8) is 0 Å². The lowest BCUT2D eigenvalue weighted by Crippen LogP contribution is -2.34. The van der Waals surface area contributed by atoms with Crippen LogP contribution in [-0.2, 0) is 13.6 Å². The van der Waals surface area contributed by atoms with Crippen LogP contribution in [0.15, 0.2) is 9.21 Å². The van der Waals surface area contributed by atoms with Crippen molar-refractivity contribution in [1.29, 1.82) is 5.26 Å². The molecule has 114 valence electrons. The summed E-state index contributed by atoms with van der Waals surface area (Å²) in [7, 11) is -1.48. The van der Waals surface area contributed by atoms with Gasteiger partial charge in [0.15, 0.2) is 11.0 Å². The van der Waals surface area contributed by atoms with Gasteiger partial charge in [0.2, 0.25) is 0 Å². The molecular weight excluding hydrogens is 297 g/mol. The molecule has 1 aromatic heterocycles. The van der Waals surface area contributed by atoms with Crippen LogP contribution < -0.4 is 16.0 Å². The first kappa shape index (κ1) is 15.7. The average Bonchev–Trinajstić information content (AvgIpc) is 2.54. The average molecular weight is 313 g/mol. The van der Waals surface area contributed by atoms with E-state index in [0.29, 0.717) is 13.1 Å². The number of rotatable bonds is 4. The summed E-state index contributed by atoms with van der Waals surface area (Å²) in [5, 5.41) is 9.06. The largest absolute Gasteiger partial charge is 0.388 e. The molecule has 1 aliphatic heterocycles. The molecule has 0 saturated carbocycles. The van der Waals surface area contributed by atoms with E-state index < -0.39 is 18.8 Å². The number of anilines is 1. The molecule has 2 heterocycles. The molecule has 0 atom stereocenters. The molecule has 21 heavy (non-hydrogen) atoms. The standard InChI is InChI=1S/C12H16N3O5P/c1-18-21(17,19-2)10-9(8-13)11(16)20-12(14-10)15-6-4-3-5-7-15/h3-7H2,1-2H3. The second-order valence-electron chi connectivity index (χ2n) is 4.50. The van der Waals surface area contributed by atoms with Crippen molar-refractivity contribution in [2.24, 2.45) is 0 Å². The molecule has 0 bridgehead atoms. The maximum Gasteiger partial charge on any atom is 0.380 e. The van der Waals surface area contributed by atoms with Crippen LogP contribution in [0, 0.1) is 11.3 Å². The van der Waals surface area contributed by atoms with E-state index in [2.05, 4.69) is 4.98 Å². The Kier molecular flexibility index (Phi) is 4.78. The maximum absolute atomic E-state index is 12.5. The van der Waals surface area contributed by atoms with Gasteiger partial charge in [-0.2, -0.15) is 10.2 Å². The third-order valence-electron chi connectivity index (χ3n) is 3.29. The van der Waals surface area contributed by atoms with Crippen LogP contribution in [0.1, 0.15) is 24.8 Å². The summed E-state index contributed by atoms with van der Waals surface area (Å²) in [6.07, 6.45) is 3.00. The van der Waals surface area contributed by atoms with E-state index in [4.69, 9.17) is 18.7 Å². The zero-order valence-corrected chi connectivity index (χ0v) is 12.8. The lowest BCUT2D eigenvalue weighted by atomic mass is 10.1. The van der Waals surface area contributed by atoms with Gasteiger partial charge in [-0.1, -0.05) is 0 Å². The van der Waals surface area contributed by atoms with E-state index >= 15 is 0 Å². The molecule has 0 aromatic carbocycles. The Hall–Kier alpha value is -1.68. The number of aromatic nitrogens is 1. The summed E-state index contributed by atoms with van der Waals surface area (Å²) in [4.78, 5) is 17.8. The van der Waals surface area contributed by atoms with Crippen LogP contribution in [0.3, 0.4) is 0 Å². The van der Waals surface area contributed by atoms with E-state index in [0.717, 1.165) is 19.3 Å². The van der Waals surface area contributed by atoms with Crippen molar-refractivity contribution in [3.05, 3.63) is 16.0 Å². The molecular formula is C12H16N3O5P. The molecule has 2 rings (SSSR count). The van der Waals surface area contributed by atoms with Crippen molar-refractivity contribution >= 4 is 19.0 Å². The second-order valence-corrected chi connectivity index (χ2v) is 6.65. The minimum Gasteiger partial charge on any atom is -0.388 e. The maximum atomic E-state index is 12.5. The Morgan fingerprint density at radius 2 is 1.90 bits per heavy atom. The lowest BCUT2D eigenvalue weighted by molar-refractivity contribution is 0.286. The van der Waals surface area contributed by atoms with E-state index in [9.17, 15) is 9.36 Å². The topological polar surface area (TPSA) is 106 Å². The molecule has 1 aliphatic rings. The summed E-state index contributed by atoms with van der Waals surface area (Å²) in [6, 6.07) is 1.69. The third kappa shape index (κ3) is 3.00. The third-order valence-corrected chi connectivity index (χ3v) is 5.10. The monoisotopic (exact) mass is 313 g/mol. The van der Waals surface area contributed by atoms with Gasteiger partial charge < -0.3 is 18.4 Å². The van der Waals surface area contributed by atoms with E-state index in [1.807, 2.05) is 0 Å². The number of hydrogen-bond acceptors (Lipinski definition) is 8. The van der Waals surface area contributed by atoms with E-state index in [1.165, 1.54) is 14.2 Å². The fourth-order valence-corrected chi connectivity index (χ4v) is 3.27. The normalized spacial score (nSPS) is 15.8. The van der Waals surface area contributed by atoms with Crippen molar-refractivity contribution in [2.45, 2.75) is 19.3 Å². The fourth-order valence-electron chi connectivity index (χ4n) is 2.16. The van der Waals surface area contributed by atoms with Crippen LogP contribution in [0.25, 0.3) is 0 Å². The Labute approximate surface area is 121 Å². The molecule has 1 fully saturated rings. The van der Waals surface area contributed by atoms with E-state index in [-0.39, 0.29) is 11.4 Å². The zero-order chi connectivity index (χ0) is 15.5. The SMILES string of the molecule is COP(=O)(OC)c1nc(N2CCCCC2)oc(=O)c1C#N. The van der Waals surface area contributed by atoms with Crippen LogP contribution in [0.2, 0.25) is 0 Å². The summed E-state index contributed by atoms with van der Waals surface area (Å²) in [5.74, 6) is 0. The molecule has 0 radical (unpaired) electrons. The van der Waals surface area contributed by atoms with Crippen LogP contribution in [-0.4, -0.2) is 32.3 Å². The minimum atomic E-state index is -3.81. The first-order valence-electron chi connectivity index (χ1n) is 6.48. The summed E-state index contributed by atoms with van der Waals surface area (Å²) >= 11 is 0. The van der Waals surface area contributed by atoms with Crippen molar-refractivity contribution in [3.8, 4) is 6.07 Å². The Morgan fingerprint density at radius 3 is 2.43 bits per heavy atom. The first-order valence-corrected chi connectivity index (χ1v) is 8.02. The molecule has 9 heteroatoms. The molecule has 0 aliphatic carbocycles. The fraction of sp³-hybridized carbons (Fsp3) is 0.583. The van der Waals surface area contributed by atoms with E-state index in [1.54, 1.807) is 11.0 Å². The predicted molar refractivity (Wildman–Crippen MR) is 74.8 cm³/mol. The highest BCUT2D eigenvalue weighted by molar-refractivity contribution is 7.62. The zero-order valence-electron chi connectivity index (χ0n) is 11.9. The molecule has 1 saturated heterocycles. The van der Waals surface area contributed by atoms with Crippen LogP contribution >= 0.6 is 7.60 Å². The first-order chi connectivity index (χ1) is 10.1. The second kappa shape index (κ2) is 6.39. The summed E-state index contributed by atoms with van der Waals surface area (Å²) < 4.78 is 27.2. The highest BCUT2D eigenvalue weighted by atomic mass is 31.2. The van der Waals surface area contributed by atoms with Crippen molar-refractivity contribution in [2.75, 3.05) is 32.2 Å². The summed E-state index contributed by atoms with van der Waals surface area (Å²) in [6.45, 7) is 1.37. The molecule has 0 spiro atoms. The Bertz CT molecular complexity index is 652. The number of piperidine rings is 1. The van der Waals surface area contributed by atoms with Crippen LogP contribution in [0.5, 0.6) is 0 Å². The van der Waals surface area contributed by atoms with Gasteiger partial charge in [-0.3, -0.25) is 4.57 Å². The van der Waals surface area contributed by atoms with Crippen LogP contribution in [0.4, 0.5) is 6.01 Å². The van der Waals surface area contributed by atoms with Gasteiger partial charge >= 0.3 is 19.2 Å². The number of nitrogens with zero attached hydrogens (tertiary/aromatic N) is 3. The number of nitriles is 1. The lowest BCUT2D eigenvalue weighted by Gasteiger charge is -2.26. The predicted octanol–water partition coefficient (Wildman–Crippen LogP) is 1.01. The number of hydrogen-bond donors (Lipinski definition) is 0. The Balaban J connectivity index is 2.57. The molecule has 0 amide bonds. The highest BCUT2D eigenvalue weighted by Gasteiger charge is 2.34. The van der Waals surface area contributed by atoms with Gasteiger partial charge in [-0.25, -0.2) is 4.79 Å². The molecule has 8 nitrogen and oxygen atoms in total. The van der Waals surface area contributed by atoms with Gasteiger partial charge in [0, 0.05) is 27.3 Å². The quantitative estimate of drug-likeness (QED) is 0.758.